The summed E-state index contributed by atoms with van der Waals surface area (Å²) < 4.78 is 15.2. The van der Waals surface area contributed by atoms with E-state index in [1.165, 1.54) is 29.1 Å². The van der Waals surface area contributed by atoms with Gasteiger partial charge in [0.1, 0.15) is 12.1 Å². The topological polar surface area (TPSA) is 78.0 Å². The minimum atomic E-state index is -0.480. The van der Waals surface area contributed by atoms with Gasteiger partial charge in [-0.1, -0.05) is 30.4 Å². The van der Waals surface area contributed by atoms with Crippen molar-refractivity contribution < 1.29 is 9.18 Å². The third-order valence-electron chi connectivity index (χ3n) is 5.80. The molecule has 31 heavy (non-hydrogen) atoms. The molecule has 0 saturated carbocycles. The van der Waals surface area contributed by atoms with Gasteiger partial charge in [-0.3, -0.25) is 14.2 Å². The fraction of sp³-hybridized carbons (Fsp3) is 0.0800. The van der Waals surface area contributed by atoms with Crippen LogP contribution in [0.1, 0.15) is 27.0 Å². The van der Waals surface area contributed by atoms with E-state index in [1.807, 2.05) is 43.3 Å². The number of hydrogen-bond donors (Lipinski definition) is 1. The van der Waals surface area contributed by atoms with Gasteiger partial charge in [0.25, 0.3) is 5.56 Å². The Morgan fingerprint density at radius 1 is 1.13 bits per heavy atom. The first-order valence-corrected chi connectivity index (χ1v) is 9.85. The van der Waals surface area contributed by atoms with E-state index in [1.54, 1.807) is 6.07 Å². The van der Waals surface area contributed by atoms with Crippen LogP contribution in [-0.4, -0.2) is 15.5 Å². The second kappa shape index (κ2) is 7.02. The fourth-order valence-corrected chi connectivity index (χ4v) is 4.28. The van der Waals surface area contributed by atoms with Gasteiger partial charge in [0.2, 0.25) is 5.91 Å². The highest BCUT2D eigenvalue weighted by Crippen LogP contribution is 2.36. The number of carbonyl (C=O) groups is 1. The number of hydrogen-bond acceptors (Lipinski definition) is 3. The molecule has 0 aliphatic heterocycles. The monoisotopic (exact) mass is 411 g/mol. The molecule has 0 saturated heterocycles. The van der Waals surface area contributed by atoms with Gasteiger partial charge in [-0.15, -0.1) is 0 Å². The van der Waals surface area contributed by atoms with E-state index in [9.17, 15) is 14.0 Å². The first-order chi connectivity index (χ1) is 15.0. The van der Waals surface area contributed by atoms with Crippen LogP contribution >= 0.6 is 0 Å². The summed E-state index contributed by atoms with van der Waals surface area (Å²) in [6, 6.07) is 13.3. The van der Waals surface area contributed by atoms with Gasteiger partial charge in [-0.05, 0) is 71.5 Å². The van der Waals surface area contributed by atoms with Gasteiger partial charge in [0, 0.05) is 5.56 Å². The van der Waals surface area contributed by atoms with E-state index in [4.69, 9.17) is 5.73 Å². The van der Waals surface area contributed by atoms with Crippen LogP contribution in [0.5, 0.6) is 0 Å². The lowest BCUT2D eigenvalue weighted by atomic mass is 9.90. The number of fused-ring (bicyclic) bond motifs is 2. The van der Waals surface area contributed by atoms with Gasteiger partial charge in [-0.25, -0.2) is 9.37 Å². The van der Waals surface area contributed by atoms with Gasteiger partial charge < -0.3 is 5.73 Å². The quantitative estimate of drug-likeness (QED) is 0.550. The normalized spacial score (nSPS) is 12.3. The Balaban J connectivity index is 1.72. The number of rotatable bonds is 3. The summed E-state index contributed by atoms with van der Waals surface area (Å²) in [5, 5.41) is 0.224. The maximum atomic E-state index is 13.7. The van der Waals surface area contributed by atoms with Crippen LogP contribution in [0.2, 0.25) is 0 Å². The van der Waals surface area contributed by atoms with Crippen molar-refractivity contribution in [3.05, 3.63) is 99.4 Å². The Labute approximate surface area is 177 Å². The Bertz CT molecular complexity index is 1480. The largest absolute Gasteiger partial charge is 0.366 e. The molecule has 4 aromatic rings. The van der Waals surface area contributed by atoms with Crippen LogP contribution in [0.4, 0.5) is 4.39 Å². The number of aromatic nitrogens is 2. The van der Waals surface area contributed by atoms with E-state index in [0.717, 1.165) is 27.8 Å². The van der Waals surface area contributed by atoms with Crippen molar-refractivity contribution in [1.29, 1.82) is 0 Å². The van der Waals surface area contributed by atoms with Crippen molar-refractivity contribution >= 4 is 22.9 Å². The highest BCUT2D eigenvalue weighted by Gasteiger charge is 2.20. The number of amides is 1. The number of halogens is 1. The number of nitrogens with two attached hydrogens (primary N) is 1. The molecular formula is C25H18FN3O2. The number of carbonyl (C=O) groups excluding carboxylic acids is 1. The van der Waals surface area contributed by atoms with Crippen molar-refractivity contribution in [2.45, 2.75) is 13.3 Å². The summed E-state index contributed by atoms with van der Waals surface area (Å²) in [4.78, 5) is 29.2. The summed E-state index contributed by atoms with van der Waals surface area (Å²) in [5.74, 6) is -0.926. The molecule has 0 atom stereocenters. The lowest BCUT2D eigenvalue weighted by Crippen LogP contribution is -2.20. The van der Waals surface area contributed by atoms with Crippen LogP contribution in [0.25, 0.3) is 33.8 Å². The van der Waals surface area contributed by atoms with Crippen LogP contribution in [0, 0.1) is 12.7 Å². The molecule has 1 amide bonds. The van der Waals surface area contributed by atoms with Crippen LogP contribution in [-0.2, 0) is 6.42 Å². The van der Waals surface area contributed by atoms with Crippen molar-refractivity contribution in [3.63, 3.8) is 0 Å². The predicted molar refractivity (Wildman–Crippen MR) is 119 cm³/mol. The second-order valence-corrected chi connectivity index (χ2v) is 7.55. The summed E-state index contributed by atoms with van der Waals surface area (Å²) in [5.41, 5.74) is 11.5. The molecule has 3 aromatic carbocycles. The van der Waals surface area contributed by atoms with Gasteiger partial charge in [0.15, 0.2) is 0 Å². The van der Waals surface area contributed by atoms with Gasteiger partial charge in [-0.2, -0.15) is 0 Å². The standard InChI is InChI=1S/C25H18FN3O2/c1-14-16(19-9-10-20(24(27)30)18-6-2-5-17(18)19)4-3-7-23(14)29-13-28-22-11-8-15(26)12-21(22)25(29)31/h2-5,7-13H,6H2,1H3,(H2,27,30). The zero-order chi connectivity index (χ0) is 21.7. The Morgan fingerprint density at radius 3 is 2.77 bits per heavy atom. The molecule has 1 aromatic heterocycles. The Hall–Kier alpha value is -4.06. The minimum absolute atomic E-state index is 0.224. The molecule has 6 heteroatoms. The highest BCUT2D eigenvalue weighted by atomic mass is 19.1. The van der Waals surface area contributed by atoms with E-state index < -0.39 is 11.7 Å². The highest BCUT2D eigenvalue weighted by molar-refractivity contribution is 5.98. The smallest absolute Gasteiger partial charge is 0.265 e. The lowest BCUT2D eigenvalue weighted by molar-refractivity contribution is 0.0999. The molecule has 0 spiro atoms. The molecule has 1 heterocycles. The summed E-state index contributed by atoms with van der Waals surface area (Å²) >= 11 is 0. The maximum Gasteiger partial charge on any atom is 0.265 e. The molecule has 1 aliphatic carbocycles. The van der Waals surface area contributed by atoms with Crippen LogP contribution in [0.15, 0.2) is 65.7 Å². The van der Waals surface area contributed by atoms with Crippen molar-refractivity contribution in [2.75, 3.05) is 0 Å². The molecule has 5 nitrogen and oxygen atoms in total. The van der Waals surface area contributed by atoms with Crippen LogP contribution in [0.3, 0.4) is 0 Å². The zero-order valence-corrected chi connectivity index (χ0v) is 16.7. The Morgan fingerprint density at radius 2 is 1.97 bits per heavy atom. The number of nitrogens with zero attached hydrogens (tertiary/aromatic N) is 2. The average Bonchev–Trinajstić information content (AvgIpc) is 3.24. The first kappa shape index (κ1) is 18.9. The second-order valence-electron chi connectivity index (χ2n) is 7.55. The van der Waals surface area contributed by atoms with Crippen LogP contribution < -0.4 is 11.3 Å². The maximum absolute atomic E-state index is 13.7. The predicted octanol–water partition coefficient (Wildman–Crippen LogP) is 4.17. The van der Waals surface area contributed by atoms with Crippen molar-refractivity contribution in [3.8, 4) is 16.8 Å². The molecule has 1 aliphatic rings. The summed E-state index contributed by atoms with van der Waals surface area (Å²) in [7, 11) is 0. The van der Waals surface area contributed by atoms with Crippen molar-refractivity contribution in [1.82, 2.24) is 9.55 Å². The van der Waals surface area contributed by atoms with Gasteiger partial charge >= 0.3 is 0 Å². The van der Waals surface area contributed by atoms with E-state index in [2.05, 4.69) is 4.98 Å². The summed E-state index contributed by atoms with van der Waals surface area (Å²) in [6.45, 7) is 1.93. The fourth-order valence-electron chi connectivity index (χ4n) is 4.28. The molecule has 0 radical (unpaired) electrons. The summed E-state index contributed by atoms with van der Waals surface area (Å²) in [6.07, 6.45) is 6.12. The molecule has 152 valence electrons. The van der Waals surface area contributed by atoms with E-state index in [0.29, 0.717) is 23.2 Å². The molecule has 5 rings (SSSR count). The number of benzene rings is 3. The number of allylic oxidation sites excluding steroid dienone is 1. The third kappa shape index (κ3) is 2.95. The average molecular weight is 411 g/mol. The lowest BCUT2D eigenvalue weighted by Gasteiger charge is -2.17. The zero-order valence-electron chi connectivity index (χ0n) is 16.7. The molecule has 0 unspecified atom stereocenters. The van der Waals surface area contributed by atoms with E-state index >= 15 is 0 Å². The molecule has 0 bridgehead atoms. The minimum Gasteiger partial charge on any atom is -0.366 e. The first-order valence-electron chi connectivity index (χ1n) is 9.85. The van der Waals surface area contributed by atoms with E-state index in [-0.39, 0.29) is 10.9 Å². The Kier molecular flexibility index (Phi) is 4.29. The molecule has 0 fully saturated rings. The van der Waals surface area contributed by atoms with Crippen molar-refractivity contribution in [2.24, 2.45) is 5.73 Å². The third-order valence-corrected chi connectivity index (χ3v) is 5.80. The molecular weight excluding hydrogens is 393 g/mol. The number of primary amides is 1. The van der Waals surface area contributed by atoms with Gasteiger partial charge in [0.05, 0.1) is 16.6 Å². The molecule has 2 N–H and O–H groups in total. The SMILES string of the molecule is Cc1c(-c2ccc(C(N)=O)c3c2C=CC3)cccc1-n1cnc2ccc(F)cc2c1=O.